The van der Waals surface area contributed by atoms with Crippen molar-refractivity contribution in [3.05, 3.63) is 35.9 Å². The molecule has 0 radical (unpaired) electrons. The largest absolute Gasteiger partial charge is 0.462 e. The normalized spacial score (nSPS) is 23.4. The number of ether oxygens (including phenoxy) is 2. The molecular formula is C21H30F2N2O4. The summed E-state index contributed by atoms with van der Waals surface area (Å²) >= 11 is 0. The van der Waals surface area contributed by atoms with Crippen LogP contribution in [0, 0.1) is 0 Å². The summed E-state index contributed by atoms with van der Waals surface area (Å²) in [5, 5.41) is 0. The van der Waals surface area contributed by atoms with Crippen molar-refractivity contribution < 1.29 is 27.8 Å². The van der Waals surface area contributed by atoms with Gasteiger partial charge in [0.1, 0.15) is 17.7 Å². The van der Waals surface area contributed by atoms with Crippen molar-refractivity contribution in [3.8, 4) is 0 Å². The van der Waals surface area contributed by atoms with E-state index in [0.29, 0.717) is 19.3 Å². The molecule has 8 heteroatoms. The lowest BCUT2D eigenvalue weighted by Crippen LogP contribution is -2.80. The quantitative estimate of drug-likeness (QED) is 0.709. The highest BCUT2D eigenvalue weighted by Crippen LogP contribution is 2.49. The Morgan fingerprint density at radius 1 is 1.21 bits per heavy atom. The van der Waals surface area contributed by atoms with Crippen molar-refractivity contribution in [1.82, 2.24) is 9.80 Å². The van der Waals surface area contributed by atoms with Gasteiger partial charge < -0.3 is 14.4 Å². The molecule has 6 nitrogen and oxygen atoms in total. The summed E-state index contributed by atoms with van der Waals surface area (Å²) in [7, 11) is 1.81. The topological polar surface area (TPSA) is 59.1 Å². The van der Waals surface area contributed by atoms with Crippen LogP contribution in [-0.4, -0.2) is 66.1 Å². The second-order valence-corrected chi connectivity index (χ2v) is 8.53. The predicted octanol–water partition coefficient (Wildman–Crippen LogP) is 3.70. The van der Waals surface area contributed by atoms with Crippen LogP contribution in [-0.2, 0) is 20.9 Å². The van der Waals surface area contributed by atoms with E-state index in [2.05, 4.69) is 4.74 Å². The van der Waals surface area contributed by atoms with Crippen LogP contribution < -0.4 is 0 Å². The fourth-order valence-electron chi connectivity index (χ4n) is 3.55. The van der Waals surface area contributed by atoms with Crippen LogP contribution in [0.15, 0.2) is 30.3 Å². The van der Waals surface area contributed by atoms with Crippen molar-refractivity contribution in [2.75, 3.05) is 26.7 Å². The highest BCUT2D eigenvalue weighted by atomic mass is 19.3. The number of alkyl halides is 2. The number of benzene rings is 1. The van der Waals surface area contributed by atoms with Gasteiger partial charge in [-0.25, -0.2) is 13.6 Å². The second-order valence-electron chi connectivity index (χ2n) is 8.53. The summed E-state index contributed by atoms with van der Waals surface area (Å²) in [6.07, 6.45) is 0.337. The van der Waals surface area contributed by atoms with E-state index in [1.165, 1.54) is 4.90 Å². The SMILES string of the molecule is CC(C)(C)OC=O.CN1CCCC2(C1)N(C(=O)OCc1ccccc1)CC2(F)F. The number of amides is 1. The highest BCUT2D eigenvalue weighted by Gasteiger charge is 2.69. The summed E-state index contributed by atoms with van der Waals surface area (Å²) in [5.41, 5.74) is -0.867. The number of carbonyl (C=O) groups is 2. The third kappa shape index (κ3) is 5.65. The van der Waals surface area contributed by atoms with E-state index in [4.69, 9.17) is 4.74 Å². The molecule has 1 unspecified atom stereocenters. The van der Waals surface area contributed by atoms with Gasteiger partial charge in [0.25, 0.3) is 12.4 Å². The van der Waals surface area contributed by atoms with Gasteiger partial charge in [-0.2, -0.15) is 0 Å². The Balaban J connectivity index is 0.000000370. The van der Waals surface area contributed by atoms with Crippen molar-refractivity contribution >= 4 is 12.6 Å². The van der Waals surface area contributed by atoms with Crippen LogP contribution >= 0.6 is 0 Å². The zero-order chi connectivity index (χ0) is 21.7. The Bertz CT molecular complexity index is 694. The maximum Gasteiger partial charge on any atom is 0.411 e. The molecule has 1 atom stereocenters. The molecule has 1 spiro atoms. The van der Waals surface area contributed by atoms with Crippen LogP contribution in [0.1, 0.15) is 39.2 Å². The molecule has 162 valence electrons. The summed E-state index contributed by atoms with van der Waals surface area (Å²) in [5.74, 6) is -2.84. The molecule has 0 bridgehead atoms. The molecule has 0 N–H and O–H groups in total. The molecule has 0 saturated carbocycles. The molecule has 1 amide bonds. The van der Waals surface area contributed by atoms with Crippen LogP contribution in [0.3, 0.4) is 0 Å². The van der Waals surface area contributed by atoms with Crippen LogP contribution in [0.4, 0.5) is 13.6 Å². The number of halogens is 2. The van der Waals surface area contributed by atoms with Gasteiger partial charge in [-0.3, -0.25) is 9.69 Å². The molecule has 1 aromatic rings. The van der Waals surface area contributed by atoms with Gasteiger partial charge in [-0.05, 0) is 52.8 Å². The first kappa shape index (κ1) is 23.1. The average Bonchev–Trinajstić information content (AvgIpc) is 2.65. The molecule has 2 saturated heterocycles. The van der Waals surface area contributed by atoms with Gasteiger partial charge >= 0.3 is 6.09 Å². The van der Waals surface area contributed by atoms with E-state index in [-0.39, 0.29) is 18.8 Å². The number of likely N-dealkylation sites (tertiary alicyclic amines) is 2. The van der Waals surface area contributed by atoms with E-state index in [0.717, 1.165) is 12.1 Å². The molecule has 2 heterocycles. The van der Waals surface area contributed by atoms with Gasteiger partial charge in [-0.1, -0.05) is 30.3 Å². The molecule has 3 rings (SSSR count). The van der Waals surface area contributed by atoms with Crippen molar-refractivity contribution in [2.24, 2.45) is 0 Å². The van der Waals surface area contributed by atoms with E-state index in [9.17, 15) is 18.4 Å². The van der Waals surface area contributed by atoms with Gasteiger partial charge in [-0.15, -0.1) is 0 Å². The third-order valence-electron chi connectivity index (χ3n) is 5.04. The third-order valence-corrected chi connectivity index (χ3v) is 5.04. The maximum atomic E-state index is 14.1. The minimum Gasteiger partial charge on any atom is -0.462 e. The molecular weight excluding hydrogens is 382 g/mol. The van der Waals surface area contributed by atoms with E-state index in [1.54, 1.807) is 0 Å². The number of hydrogen-bond acceptors (Lipinski definition) is 5. The maximum absolute atomic E-state index is 14.1. The van der Waals surface area contributed by atoms with Crippen LogP contribution in [0.25, 0.3) is 0 Å². The second kappa shape index (κ2) is 9.07. The fraction of sp³-hybridized carbons (Fsp3) is 0.619. The Morgan fingerprint density at radius 2 is 1.86 bits per heavy atom. The molecule has 2 fully saturated rings. The zero-order valence-corrected chi connectivity index (χ0v) is 17.5. The average molecular weight is 412 g/mol. The van der Waals surface area contributed by atoms with Gasteiger partial charge in [0.05, 0.1) is 6.54 Å². The van der Waals surface area contributed by atoms with E-state index < -0.39 is 24.1 Å². The Kier molecular flexibility index (Phi) is 7.21. The monoisotopic (exact) mass is 412 g/mol. The van der Waals surface area contributed by atoms with Gasteiger partial charge in [0.15, 0.2) is 0 Å². The Hall–Kier alpha value is -2.22. The minimum absolute atomic E-state index is 0.105. The Morgan fingerprint density at radius 3 is 2.34 bits per heavy atom. The summed E-state index contributed by atoms with van der Waals surface area (Å²) in [6.45, 7) is 6.46. The van der Waals surface area contributed by atoms with Crippen LogP contribution in [0.2, 0.25) is 0 Å². The lowest BCUT2D eigenvalue weighted by molar-refractivity contribution is -0.246. The standard InChI is InChI=1S/C16H20F2N2O2.C5H10O2/c1-19-9-5-8-15(11-19)16(17,18)12-20(15)14(21)22-10-13-6-3-2-4-7-13;1-5(2,3)7-4-6/h2-4,6-7H,5,8-12H2,1H3;4H,1-3H3. The van der Waals surface area contributed by atoms with E-state index >= 15 is 0 Å². The fourth-order valence-corrected chi connectivity index (χ4v) is 3.55. The summed E-state index contributed by atoms with van der Waals surface area (Å²) in [4.78, 5) is 24.9. The molecule has 29 heavy (non-hydrogen) atoms. The minimum atomic E-state index is -2.84. The first-order valence-corrected chi connectivity index (χ1v) is 9.67. The number of rotatable bonds is 3. The molecule has 1 aromatic carbocycles. The molecule has 0 aromatic heterocycles. The smallest absolute Gasteiger partial charge is 0.411 e. The molecule has 2 aliphatic heterocycles. The van der Waals surface area contributed by atoms with Crippen molar-refractivity contribution in [2.45, 2.75) is 57.3 Å². The zero-order valence-electron chi connectivity index (χ0n) is 17.5. The summed E-state index contributed by atoms with van der Waals surface area (Å²) in [6, 6.07) is 9.23. The summed E-state index contributed by atoms with van der Waals surface area (Å²) < 4.78 is 38.1. The molecule has 2 aliphatic rings. The van der Waals surface area contributed by atoms with Gasteiger partial charge in [0, 0.05) is 6.54 Å². The predicted molar refractivity (Wildman–Crippen MR) is 105 cm³/mol. The first-order chi connectivity index (χ1) is 13.5. The highest BCUT2D eigenvalue weighted by molar-refractivity contribution is 5.71. The number of piperidine rings is 1. The van der Waals surface area contributed by atoms with E-state index in [1.807, 2.05) is 63.1 Å². The van der Waals surface area contributed by atoms with Crippen molar-refractivity contribution in [3.63, 3.8) is 0 Å². The lowest BCUT2D eigenvalue weighted by Gasteiger charge is -2.59. The first-order valence-electron chi connectivity index (χ1n) is 9.67. The number of carbonyl (C=O) groups excluding carboxylic acids is 2. The van der Waals surface area contributed by atoms with Crippen molar-refractivity contribution in [1.29, 1.82) is 0 Å². The van der Waals surface area contributed by atoms with Gasteiger partial charge in [0.2, 0.25) is 0 Å². The number of nitrogens with zero attached hydrogens (tertiary/aromatic N) is 2. The van der Waals surface area contributed by atoms with Crippen LogP contribution in [0.5, 0.6) is 0 Å². The Labute approximate surface area is 170 Å². The number of hydrogen-bond donors (Lipinski definition) is 0. The lowest BCUT2D eigenvalue weighted by atomic mass is 9.74. The molecule has 0 aliphatic carbocycles. The number of likely N-dealkylation sites (N-methyl/N-ethyl adjacent to an activating group) is 1.